The molecule has 0 saturated carbocycles. The molecule has 1 amide bonds. The Hall–Kier alpha value is -0.880. The van der Waals surface area contributed by atoms with Crippen molar-refractivity contribution >= 4 is 47.1 Å². The van der Waals surface area contributed by atoms with Gasteiger partial charge in [-0.25, -0.2) is 0 Å². The normalized spacial score (nSPS) is 19.1. The number of aliphatic carboxylic acids is 1. The topological polar surface area (TPSA) is 83.6 Å². The maximum atomic E-state index is 12.3. The Balaban J connectivity index is 0.00000200. The molecule has 5 nitrogen and oxygen atoms in total. The summed E-state index contributed by atoms with van der Waals surface area (Å²) >= 11 is 0. The summed E-state index contributed by atoms with van der Waals surface area (Å²) in [6.07, 6.45) is 3.27. The number of carbonyl (C=O) groups is 2. The van der Waals surface area contributed by atoms with Crippen LogP contribution in [0.25, 0.3) is 0 Å². The van der Waals surface area contributed by atoms with Crippen LogP contribution in [0, 0.1) is 0 Å². The number of hydrogen-bond acceptors (Lipinski definition) is 3. The first-order chi connectivity index (χ1) is 9.09. The van der Waals surface area contributed by atoms with Crippen LogP contribution in [-0.2, 0) is 16.0 Å². The van der Waals surface area contributed by atoms with Gasteiger partial charge >= 0.3 is 5.97 Å². The van der Waals surface area contributed by atoms with Crippen molar-refractivity contribution in [1.29, 1.82) is 0 Å². The van der Waals surface area contributed by atoms with Crippen LogP contribution in [0.1, 0.15) is 24.8 Å². The Labute approximate surface area is 140 Å². The number of fused-ring (bicyclic) bond motifs is 1. The third-order valence-electron chi connectivity index (χ3n) is 3.37. The number of carboxylic acid groups (broad SMARTS) is 1. The summed E-state index contributed by atoms with van der Waals surface area (Å²) < 4.78 is 0. The van der Waals surface area contributed by atoms with Gasteiger partial charge < -0.3 is 10.8 Å². The largest absolute Gasteiger partial charge is 0.480 e. The quantitative estimate of drug-likeness (QED) is 0.786. The van der Waals surface area contributed by atoms with Crippen LogP contribution >= 0.6 is 0 Å². The smallest absolute Gasteiger partial charge is 0.323 e. The standard InChI is InChI=1S/C14H18N2O3.Na/c15-11-7-3-1-5-10-6-2-4-8-12(10)16(14(11)19)9-13(17)18;/h2,4,6,8,11H,1,3,5,7,9,15H2,(H,17,18);. The van der Waals surface area contributed by atoms with Crippen molar-refractivity contribution in [3.8, 4) is 0 Å². The minimum absolute atomic E-state index is 0. The number of para-hydroxylation sites is 1. The first kappa shape index (κ1) is 17.2. The van der Waals surface area contributed by atoms with Crippen molar-refractivity contribution in [1.82, 2.24) is 0 Å². The first-order valence-corrected chi connectivity index (χ1v) is 6.46. The molecule has 1 aromatic rings. The van der Waals surface area contributed by atoms with Crippen LogP contribution in [0.15, 0.2) is 24.3 Å². The molecule has 1 aliphatic rings. The maximum Gasteiger partial charge on any atom is 0.323 e. The van der Waals surface area contributed by atoms with Gasteiger partial charge in [-0.3, -0.25) is 14.5 Å². The number of carbonyl (C=O) groups excluding carboxylic acids is 1. The van der Waals surface area contributed by atoms with Gasteiger partial charge in [-0.05, 0) is 30.9 Å². The molecule has 103 valence electrons. The second-order valence-electron chi connectivity index (χ2n) is 4.80. The van der Waals surface area contributed by atoms with Gasteiger partial charge in [-0.2, -0.15) is 0 Å². The van der Waals surface area contributed by atoms with Gasteiger partial charge in [0.15, 0.2) is 0 Å². The molecule has 2 rings (SSSR count). The van der Waals surface area contributed by atoms with Gasteiger partial charge in [0.05, 0.1) is 6.04 Å². The Kier molecular flexibility index (Phi) is 6.68. The zero-order chi connectivity index (χ0) is 13.8. The summed E-state index contributed by atoms with van der Waals surface area (Å²) in [7, 11) is 0. The van der Waals surface area contributed by atoms with Gasteiger partial charge in [-0.15, -0.1) is 0 Å². The molecule has 1 radical (unpaired) electrons. The van der Waals surface area contributed by atoms with E-state index >= 15 is 0 Å². The number of benzene rings is 1. The fraction of sp³-hybridized carbons (Fsp3) is 0.429. The molecule has 0 aromatic heterocycles. The number of nitrogens with two attached hydrogens (primary N) is 1. The average Bonchev–Trinajstić information content (AvgIpc) is 2.44. The zero-order valence-corrected chi connectivity index (χ0v) is 13.7. The maximum absolute atomic E-state index is 12.3. The molecular weight excluding hydrogens is 267 g/mol. The molecule has 1 heterocycles. The monoisotopic (exact) mass is 285 g/mol. The molecule has 20 heavy (non-hydrogen) atoms. The molecule has 0 aliphatic carbocycles. The number of carboxylic acids is 1. The van der Waals surface area contributed by atoms with E-state index in [-0.39, 0.29) is 42.0 Å². The number of rotatable bonds is 2. The summed E-state index contributed by atoms with van der Waals surface area (Å²) in [5.74, 6) is -1.34. The van der Waals surface area contributed by atoms with Crippen molar-refractivity contribution in [3.63, 3.8) is 0 Å². The predicted octanol–water partition coefficient (Wildman–Crippen LogP) is 0.777. The van der Waals surface area contributed by atoms with Gasteiger partial charge in [0, 0.05) is 35.2 Å². The van der Waals surface area contributed by atoms with Gasteiger partial charge in [0.1, 0.15) is 6.54 Å². The third kappa shape index (κ3) is 4.06. The van der Waals surface area contributed by atoms with E-state index in [2.05, 4.69) is 0 Å². The van der Waals surface area contributed by atoms with E-state index in [0.29, 0.717) is 12.1 Å². The number of aryl methyl sites for hydroxylation is 1. The van der Waals surface area contributed by atoms with Crippen LogP contribution < -0.4 is 10.6 Å². The van der Waals surface area contributed by atoms with Crippen LogP contribution in [0.3, 0.4) is 0 Å². The van der Waals surface area contributed by atoms with Crippen LogP contribution in [0.5, 0.6) is 0 Å². The molecule has 1 aliphatic heterocycles. The van der Waals surface area contributed by atoms with E-state index in [0.717, 1.165) is 24.8 Å². The Morgan fingerprint density at radius 2 is 2.05 bits per heavy atom. The summed E-state index contributed by atoms with van der Waals surface area (Å²) in [4.78, 5) is 24.6. The van der Waals surface area contributed by atoms with Crippen molar-refractivity contribution in [2.75, 3.05) is 11.4 Å². The number of anilines is 1. The number of hydrogen-bond donors (Lipinski definition) is 2. The molecule has 1 aromatic carbocycles. The van der Waals surface area contributed by atoms with E-state index < -0.39 is 12.0 Å². The summed E-state index contributed by atoms with van der Waals surface area (Å²) in [5, 5.41) is 8.99. The van der Waals surface area contributed by atoms with E-state index in [4.69, 9.17) is 10.8 Å². The minimum Gasteiger partial charge on any atom is -0.480 e. The Morgan fingerprint density at radius 1 is 1.35 bits per heavy atom. The van der Waals surface area contributed by atoms with Gasteiger partial charge in [0.25, 0.3) is 0 Å². The zero-order valence-electron chi connectivity index (χ0n) is 11.7. The molecule has 1 unspecified atom stereocenters. The third-order valence-corrected chi connectivity index (χ3v) is 3.37. The summed E-state index contributed by atoms with van der Waals surface area (Å²) in [6.45, 7) is -0.344. The van der Waals surface area contributed by atoms with Crippen molar-refractivity contribution in [3.05, 3.63) is 29.8 Å². The summed E-state index contributed by atoms with van der Waals surface area (Å²) in [6, 6.07) is 6.82. The van der Waals surface area contributed by atoms with Crippen LogP contribution in [0.4, 0.5) is 5.69 Å². The summed E-state index contributed by atoms with van der Waals surface area (Å²) in [5.41, 5.74) is 7.54. The minimum atomic E-state index is -1.03. The van der Waals surface area contributed by atoms with Crippen molar-refractivity contribution in [2.24, 2.45) is 5.73 Å². The van der Waals surface area contributed by atoms with E-state index in [9.17, 15) is 9.59 Å². The second kappa shape index (κ2) is 7.78. The second-order valence-corrected chi connectivity index (χ2v) is 4.80. The molecular formula is C14H18N2NaO3. The van der Waals surface area contributed by atoms with Crippen LogP contribution in [0.2, 0.25) is 0 Å². The van der Waals surface area contributed by atoms with E-state index in [1.807, 2.05) is 18.2 Å². The average molecular weight is 285 g/mol. The van der Waals surface area contributed by atoms with Gasteiger partial charge in [0.2, 0.25) is 5.91 Å². The van der Waals surface area contributed by atoms with E-state index in [1.54, 1.807) is 6.07 Å². The fourth-order valence-electron chi connectivity index (χ4n) is 2.41. The van der Waals surface area contributed by atoms with Crippen molar-refractivity contribution < 1.29 is 14.7 Å². The predicted molar refractivity (Wildman–Crippen MR) is 77.7 cm³/mol. The van der Waals surface area contributed by atoms with E-state index in [1.165, 1.54) is 4.90 Å². The van der Waals surface area contributed by atoms with Crippen molar-refractivity contribution in [2.45, 2.75) is 31.7 Å². The molecule has 0 fully saturated rings. The number of nitrogens with zero attached hydrogens (tertiary/aromatic N) is 1. The fourth-order valence-corrected chi connectivity index (χ4v) is 2.41. The molecule has 6 heteroatoms. The Morgan fingerprint density at radius 3 is 2.75 bits per heavy atom. The molecule has 0 bridgehead atoms. The Bertz CT molecular complexity index is 493. The first-order valence-electron chi connectivity index (χ1n) is 6.46. The van der Waals surface area contributed by atoms with Crippen LogP contribution in [-0.4, -0.2) is 59.1 Å². The molecule has 0 spiro atoms. The molecule has 3 N–H and O–H groups in total. The number of amides is 1. The molecule has 1 atom stereocenters. The molecule has 0 saturated heterocycles. The SMILES string of the molecule is NC1CCCCc2ccccc2N(CC(=O)O)C1=O.[Na]. The van der Waals surface area contributed by atoms with Gasteiger partial charge in [-0.1, -0.05) is 24.6 Å².